The number of nitro benzene ring substituents is 1. The van der Waals surface area contributed by atoms with Crippen LogP contribution in [0, 0.1) is 22.9 Å². The summed E-state index contributed by atoms with van der Waals surface area (Å²) in [6, 6.07) is 9.05. The van der Waals surface area contributed by atoms with Gasteiger partial charge in [-0.15, -0.1) is 0 Å². The van der Waals surface area contributed by atoms with E-state index in [0.29, 0.717) is 11.1 Å². The lowest BCUT2D eigenvalue weighted by Crippen LogP contribution is -2.23. The van der Waals surface area contributed by atoms with Crippen LogP contribution in [0.1, 0.15) is 11.1 Å². The van der Waals surface area contributed by atoms with E-state index < -0.39 is 20.8 Å². The first-order valence-corrected chi connectivity index (χ1v) is 7.77. The number of aryl methyl sites for hydroxylation is 1. The Labute approximate surface area is 126 Å². The van der Waals surface area contributed by atoms with Crippen LogP contribution in [0.2, 0.25) is 0 Å². The van der Waals surface area contributed by atoms with Gasteiger partial charge in [-0.2, -0.15) is 0 Å². The van der Waals surface area contributed by atoms with Gasteiger partial charge in [0, 0.05) is 18.2 Å². The van der Waals surface area contributed by atoms with Crippen LogP contribution in [0.4, 0.5) is 10.1 Å². The van der Waals surface area contributed by atoms with Gasteiger partial charge in [-0.25, -0.2) is 17.5 Å². The predicted octanol–water partition coefficient (Wildman–Crippen LogP) is 2.52. The van der Waals surface area contributed by atoms with E-state index in [1.165, 1.54) is 43.3 Å². The number of nitrogens with zero attached hydrogens (tertiary/aromatic N) is 1. The third-order valence-electron chi connectivity index (χ3n) is 3.07. The molecule has 1 N–H and O–H groups in total. The van der Waals surface area contributed by atoms with E-state index >= 15 is 0 Å². The van der Waals surface area contributed by atoms with E-state index in [-0.39, 0.29) is 17.1 Å². The molecule has 0 heterocycles. The van der Waals surface area contributed by atoms with Crippen LogP contribution in [0.3, 0.4) is 0 Å². The standard InChI is InChI=1S/C14H13FN2O4S/c1-10-2-7-13(8-14(10)17(18)19)22(20,21)16-9-11-3-5-12(15)6-4-11/h2-8,16H,9H2,1H3. The van der Waals surface area contributed by atoms with Crippen molar-refractivity contribution in [2.24, 2.45) is 0 Å². The Morgan fingerprint density at radius 1 is 1.18 bits per heavy atom. The van der Waals surface area contributed by atoms with Crippen molar-refractivity contribution in [2.45, 2.75) is 18.4 Å². The Morgan fingerprint density at radius 2 is 1.82 bits per heavy atom. The van der Waals surface area contributed by atoms with E-state index in [2.05, 4.69) is 4.72 Å². The zero-order chi connectivity index (χ0) is 16.3. The fourth-order valence-electron chi connectivity index (χ4n) is 1.82. The van der Waals surface area contributed by atoms with Crippen LogP contribution in [0.15, 0.2) is 47.4 Å². The van der Waals surface area contributed by atoms with Gasteiger partial charge < -0.3 is 0 Å². The number of sulfonamides is 1. The summed E-state index contributed by atoms with van der Waals surface area (Å²) >= 11 is 0. The summed E-state index contributed by atoms with van der Waals surface area (Å²) < 4.78 is 39.4. The van der Waals surface area contributed by atoms with Gasteiger partial charge in [0.15, 0.2) is 0 Å². The van der Waals surface area contributed by atoms with Crippen molar-refractivity contribution in [1.82, 2.24) is 4.72 Å². The highest BCUT2D eigenvalue weighted by atomic mass is 32.2. The summed E-state index contributed by atoms with van der Waals surface area (Å²) in [5.41, 5.74) is 0.693. The molecule has 0 atom stereocenters. The van der Waals surface area contributed by atoms with Gasteiger partial charge in [0.25, 0.3) is 5.69 Å². The van der Waals surface area contributed by atoms with Crippen molar-refractivity contribution in [3.05, 3.63) is 69.5 Å². The first-order valence-electron chi connectivity index (χ1n) is 6.29. The minimum Gasteiger partial charge on any atom is -0.258 e. The third-order valence-corrected chi connectivity index (χ3v) is 4.47. The zero-order valence-corrected chi connectivity index (χ0v) is 12.4. The average molecular weight is 324 g/mol. The Morgan fingerprint density at radius 3 is 2.41 bits per heavy atom. The van der Waals surface area contributed by atoms with Crippen LogP contribution in [-0.4, -0.2) is 13.3 Å². The predicted molar refractivity (Wildman–Crippen MR) is 78.3 cm³/mol. The topological polar surface area (TPSA) is 89.3 Å². The van der Waals surface area contributed by atoms with Crippen molar-refractivity contribution < 1.29 is 17.7 Å². The number of halogens is 1. The molecule has 6 nitrogen and oxygen atoms in total. The Hall–Kier alpha value is -2.32. The highest BCUT2D eigenvalue weighted by Gasteiger charge is 2.19. The van der Waals surface area contributed by atoms with Gasteiger partial charge in [-0.1, -0.05) is 18.2 Å². The molecule has 0 saturated heterocycles. The number of benzene rings is 2. The number of hydrogen-bond acceptors (Lipinski definition) is 4. The monoisotopic (exact) mass is 324 g/mol. The van der Waals surface area contributed by atoms with Crippen LogP contribution in [0.5, 0.6) is 0 Å². The van der Waals surface area contributed by atoms with Crippen LogP contribution < -0.4 is 4.72 Å². The first-order chi connectivity index (χ1) is 10.3. The summed E-state index contributed by atoms with van der Waals surface area (Å²) in [7, 11) is -3.89. The van der Waals surface area contributed by atoms with E-state index in [4.69, 9.17) is 0 Å². The molecule has 0 aliphatic heterocycles. The first kappa shape index (κ1) is 16.1. The molecule has 116 valence electrons. The van der Waals surface area contributed by atoms with E-state index in [1.54, 1.807) is 0 Å². The van der Waals surface area contributed by atoms with Crippen molar-refractivity contribution in [1.29, 1.82) is 0 Å². The van der Waals surface area contributed by atoms with Crippen molar-refractivity contribution in [3.63, 3.8) is 0 Å². The second-order valence-corrected chi connectivity index (χ2v) is 6.42. The fourth-order valence-corrected chi connectivity index (χ4v) is 2.85. The maximum absolute atomic E-state index is 12.8. The molecule has 0 unspecified atom stereocenters. The largest absolute Gasteiger partial charge is 0.273 e. The lowest BCUT2D eigenvalue weighted by molar-refractivity contribution is -0.385. The van der Waals surface area contributed by atoms with E-state index in [0.717, 1.165) is 6.07 Å². The highest BCUT2D eigenvalue weighted by molar-refractivity contribution is 7.89. The molecule has 2 aromatic carbocycles. The van der Waals surface area contributed by atoms with Gasteiger partial charge in [-0.3, -0.25) is 10.1 Å². The molecule has 2 aromatic rings. The second-order valence-electron chi connectivity index (χ2n) is 4.66. The number of rotatable bonds is 5. The Kier molecular flexibility index (Phi) is 4.53. The van der Waals surface area contributed by atoms with Gasteiger partial charge in [0.1, 0.15) is 5.82 Å². The van der Waals surface area contributed by atoms with Crippen LogP contribution in [0.25, 0.3) is 0 Å². The minimum absolute atomic E-state index is 0.0374. The normalized spacial score (nSPS) is 11.4. The van der Waals surface area contributed by atoms with Gasteiger partial charge >= 0.3 is 0 Å². The summed E-state index contributed by atoms with van der Waals surface area (Å²) in [5.74, 6) is -0.416. The molecule has 0 aliphatic carbocycles. The molecular formula is C14H13FN2O4S. The summed E-state index contributed by atoms with van der Waals surface area (Å²) in [6.45, 7) is 1.49. The highest BCUT2D eigenvalue weighted by Crippen LogP contribution is 2.22. The molecule has 0 radical (unpaired) electrons. The van der Waals surface area contributed by atoms with Crippen molar-refractivity contribution in [3.8, 4) is 0 Å². The minimum atomic E-state index is -3.89. The lowest BCUT2D eigenvalue weighted by Gasteiger charge is -2.07. The fraction of sp³-hybridized carbons (Fsp3) is 0.143. The molecule has 0 amide bonds. The Balaban J connectivity index is 2.21. The molecule has 0 bridgehead atoms. The maximum atomic E-state index is 12.8. The summed E-state index contributed by atoms with van der Waals surface area (Å²) in [4.78, 5) is 10.0. The van der Waals surface area contributed by atoms with Crippen molar-refractivity contribution >= 4 is 15.7 Å². The number of hydrogen-bond donors (Lipinski definition) is 1. The summed E-state index contributed by atoms with van der Waals surface area (Å²) in [5, 5.41) is 10.9. The molecule has 8 heteroatoms. The molecular weight excluding hydrogens is 311 g/mol. The lowest BCUT2D eigenvalue weighted by atomic mass is 10.2. The molecule has 0 fully saturated rings. The van der Waals surface area contributed by atoms with E-state index in [1.807, 2.05) is 0 Å². The SMILES string of the molecule is Cc1ccc(S(=O)(=O)NCc2ccc(F)cc2)cc1[N+](=O)[O-]. The van der Waals surface area contributed by atoms with Crippen LogP contribution in [-0.2, 0) is 16.6 Å². The molecule has 0 aromatic heterocycles. The molecule has 22 heavy (non-hydrogen) atoms. The van der Waals surface area contributed by atoms with Gasteiger partial charge in [-0.05, 0) is 30.7 Å². The maximum Gasteiger partial charge on any atom is 0.273 e. The van der Waals surface area contributed by atoms with Crippen LogP contribution >= 0.6 is 0 Å². The zero-order valence-electron chi connectivity index (χ0n) is 11.6. The smallest absolute Gasteiger partial charge is 0.258 e. The third kappa shape index (κ3) is 3.66. The molecule has 0 aliphatic rings. The molecule has 0 saturated carbocycles. The molecule has 2 rings (SSSR count). The van der Waals surface area contributed by atoms with Crippen molar-refractivity contribution in [2.75, 3.05) is 0 Å². The average Bonchev–Trinajstić information content (AvgIpc) is 2.46. The quantitative estimate of drug-likeness (QED) is 0.676. The van der Waals surface area contributed by atoms with Gasteiger partial charge in [0.05, 0.1) is 9.82 Å². The van der Waals surface area contributed by atoms with E-state index in [9.17, 15) is 22.9 Å². The Bertz CT molecular complexity index is 804. The number of nitrogens with one attached hydrogen (secondary N) is 1. The number of nitro groups is 1. The van der Waals surface area contributed by atoms with Gasteiger partial charge in [0.2, 0.25) is 10.0 Å². The summed E-state index contributed by atoms with van der Waals surface area (Å²) in [6.07, 6.45) is 0. The molecule has 0 spiro atoms. The second kappa shape index (κ2) is 6.20.